The molecule has 1 aromatic heterocycles. The third kappa shape index (κ3) is 3.89. The summed E-state index contributed by atoms with van der Waals surface area (Å²) in [6, 6.07) is 7.64. The van der Waals surface area contributed by atoms with E-state index in [-0.39, 0.29) is 12.5 Å². The standard InChI is InChI=1S/C13H16N4O2/c1-9-5-3-4-6-11(9)16-12(18)7-14-8-13-15-10(2)17-19-13/h3-6,14H,7-8H2,1-2H3,(H,16,18). The van der Waals surface area contributed by atoms with Crippen LogP contribution in [0.25, 0.3) is 0 Å². The minimum atomic E-state index is -0.106. The van der Waals surface area contributed by atoms with Crippen LogP contribution in [0.2, 0.25) is 0 Å². The number of nitrogens with one attached hydrogen (secondary N) is 2. The molecule has 0 aliphatic rings. The van der Waals surface area contributed by atoms with Crippen molar-refractivity contribution in [2.24, 2.45) is 0 Å². The highest BCUT2D eigenvalue weighted by atomic mass is 16.5. The Labute approximate surface area is 111 Å². The first-order chi connectivity index (χ1) is 9.15. The molecule has 100 valence electrons. The van der Waals surface area contributed by atoms with Gasteiger partial charge in [0.2, 0.25) is 11.8 Å². The van der Waals surface area contributed by atoms with Gasteiger partial charge in [0.05, 0.1) is 13.1 Å². The molecule has 0 unspecified atom stereocenters. The Morgan fingerprint density at radius 2 is 2.11 bits per heavy atom. The first-order valence-corrected chi connectivity index (χ1v) is 6.00. The van der Waals surface area contributed by atoms with E-state index in [0.717, 1.165) is 11.3 Å². The highest BCUT2D eigenvalue weighted by Crippen LogP contribution is 2.12. The minimum Gasteiger partial charge on any atom is -0.338 e. The Morgan fingerprint density at radius 1 is 1.32 bits per heavy atom. The third-order valence-corrected chi connectivity index (χ3v) is 2.55. The Morgan fingerprint density at radius 3 is 2.79 bits per heavy atom. The number of carbonyl (C=O) groups is 1. The zero-order chi connectivity index (χ0) is 13.7. The number of aryl methyl sites for hydroxylation is 2. The first-order valence-electron chi connectivity index (χ1n) is 6.00. The molecular weight excluding hydrogens is 244 g/mol. The summed E-state index contributed by atoms with van der Waals surface area (Å²) in [7, 11) is 0. The quantitative estimate of drug-likeness (QED) is 0.849. The largest absolute Gasteiger partial charge is 0.338 e. The lowest BCUT2D eigenvalue weighted by Crippen LogP contribution is -2.28. The average Bonchev–Trinajstić information content (AvgIpc) is 2.78. The lowest BCUT2D eigenvalue weighted by molar-refractivity contribution is -0.115. The normalized spacial score (nSPS) is 10.4. The fourth-order valence-electron chi connectivity index (χ4n) is 1.60. The van der Waals surface area contributed by atoms with Gasteiger partial charge in [-0.2, -0.15) is 4.98 Å². The van der Waals surface area contributed by atoms with Crippen LogP contribution in [0.15, 0.2) is 28.8 Å². The predicted octanol–water partition coefficient (Wildman–Crippen LogP) is 1.41. The molecule has 2 aromatic rings. The summed E-state index contributed by atoms with van der Waals surface area (Å²) in [5.41, 5.74) is 1.85. The van der Waals surface area contributed by atoms with Crippen molar-refractivity contribution < 1.29 is 9.32 Å². The number of hydrogen-bond donors (Lipinski definition) is 2. The molecule has 19 heavy (non-hydrogen) atoms. The van der Waals surface area contributed by atoms with E-state index in [2.05, 4.69) is 20.8 Å². The molecule has 0 aliphatic carbocycles. The number of amides is 1. The van der Waals surface area contributed by atoms with E-state index in [0.29, 0.717) is 18.3 Å². The zero-order valence-corrected chi connectivity index (χ0v) is 10.9. The fourth-order valence-corrected chi connectivity index (χ4v) is 1.60. The number of carbonyl (C=O) groups excluding carboxylic acids is 1. The van der Waals surface area contributed by atoms with Gasteiger partial charge in [0, 0.05) is 5.69 Å². The van der Waals surface area contributed by atoms with Crippen LogP contribution >= 0.6 is 0 Å². The zero-order valence-electron chi connectivity index (χ0n) is 10.9. The van der Waals surface area contributed by atoms with Crippen LogP contribution in [0.3, 0.4) is 0 Å². The third-order valence-electron chi connectivity index (χ3n) is 2.55. The fraction of sp³-hybridized carbons (Fsp3) is 0.308. The Bertz CT molecular complexity index is 565. The molecule has 6 heteroatoms. The van der Waals surface area contributed by atoms with Crippen LogP contribution in [0.1, 0.15) is 17.3 Å². The summed E-state index contributed by atoms with van der Waals surface area (Å²) in [6.45, 7) is 4.26. The number of nitrogens with zero attached hydrogens (tertiary/aromatic N) is 2. The molecule has 1 heterocycles. The lowest BCUT2D eigenvalue weighted by Gasteiger charge is -2.07. The maximum atomic E-state index is 11.7. The van der Waals surface area contributed by atoms with Crippen molar-refractivity contribution in [2.75, 3.05) is 11.9 Å². The topological polar surface area (TPSA) is 80.0 Å². The maximum absolute atomic E-state index is 11.7. The van der Waals surface area contributed by atoms with E-state index in [1.165, 1.54) is 0 Å². The van der Waals surface area contributed by atoms with Gasteiger partial charge in [0.1, 0.15) is 0 Å². The van der Waals surface area contributed by atoms with Gasteiger partial charge in [-0.1, -0.05) is 23.4 Å². The molecule has 2 rings (SSSR count). The second-order valence-corrected chi connectivity index (χ2v) is 4.20. The van der Waals surface area contributed by atoms with E-state index in [9.17, 15) is 4.79 Å². The molecule has 0 saturated carbocycles. The van der Waals surface area contributed by atoms with Crippen molar-refractivity contribution in [3.05, 3.63) is 41.5 Å². The van der Waals surface area contributed by atoms with Crippen LogP contribution in [0.4, 0.5) is 5.69 Å². The predicted molar refractivity (Wildman–Crippen MR) is 70.6 cm³/mol. The van der Waals surface area contributed by atoms with Crippen molar-refractivity contribution in [3.8, 4) is 0 Å². The van der Waals surface area contributed by atoms with Crippen molar-refractivity contribution in [1.29, 1.82) is 0 Å². The van der Waals surface area contributed by atoms with Gasteiger partial charge in [0.25, 0.3) is 0 Å². The number of hydrogen-bond acceptors (Lipinski definition) is 5. The number of anilines is 1. The molecular formula is C13H16N4O2. The minimum absolute atomic E-state index is 0.106. The first kappa shape index (κ1) is 13.2. The number of para-hydroxylation sites is 1. The van der Waals surface area contributed by atoms with Gasteiger partial charge in [0.15, 0.2) is 5.82 Å². The van der Waals surface area contributed by atoms with Gasteiger partial charge in [-0.05, 0) is 25.5 Å². The van der Waals surface area contributed by atoms with Crippen LogP contribution in [-0.4, -0.2) is 22.6 Å². The van der Waals surface area contributed by atoms with Crippen molar-refractivity contribution in [1.82, 2.24) is 15.5 Å². The summed E-state index contributed by atoms with van der Waals surface area (Å²) in [5, 5.41) is 9.45. The van der Waals surface area contributed by atoms with E-state index in [1.807, 2.05) is 31.2 Å². The van der Waals surface area contributed by atoms with Gasteiger partial charge in [-0.3, -0.25) is 10.1 Å². The Hall–Kier alpha value is -2.21. The summed E-state index contributed by atoms with van der Waals surface area (Å²) in [4.78, 5) is 15.8. The number of aromatic nitrogens is 2. The van der Waals surface area contributed by atoms with Crippen LogP contribution < -0.4 is 10.6 Å². The van der Waals surface area contributed by atoms with Crippen molar-refractivity contribution in [3.63, 3.8) is 0 Å². The van der Waals surface area contributed by atoms with E-state index < -0.39 is 0 Å². The highest BCUT2D eigenvalue weighted by Gasteiger charge is 2.06. The summed E-state index contributed by atoms with van der Waals surface area (Å²) in [5.74, 6) is 0.952. The molecule has 1 aromatic carbocycles. The van der Waals surface area contributed by atoms with Gasteiger partial charge >= 0.3 is 0 Å². The molecule has 0 aliphatic heterocycles. The summed E-state index contributed by atoms with van der Waals surface area (Å²) < 4.78 is 4.93. The lowest BCUT2D eigenvalue weighted by atomic mass is 10.2. The smallest absolute Gasteiger partial charge is 0.240 e. The summed E-state index contributed by atoms with van der Waals surface area (Å²) in [6.07, 6.45) is 0. The Balaban J connectivity index is 1.77. The molecule has 2 N–H and O–H groups in total. The summed E-state index contributed by atoms with van der Waals surface area (Å²) >= 11 is 0. The molecule has 0 saturated heterocycles. The molecule has 0 spiro atoms. The van der Waals surface area contributed by atoms with Gasteiger partial charge in [-0.15, -0.1) is 0 Å². The van der Waals surface area contributed by atoms with Gasteiger partial charge < -0.3 is 9.84 Å². The van der Waals surface area contributed by atoms with Crippen LogP contribution in [0, 0.1) is 13.8 Å². The van der Waals surface area contributed by atoms with Crippen LogP contribution in [0.5, 0.6) is 0 Å². The molecule has 6 nitrogen and oxygen atoms in total. The number of benzene rings is 1. The number of rotatable bonds is 5. The molecule has 0 atom stereocenters. The van der Waals surface area contributed by atoms with E-state index in [1.54, 1.807) is 6.92 Å². The van der Waals surface area contributed by atoms with Gasteiger partial charge in [-0.25, -0.2) is 0 Å². The molecule has 0 fully saturated rings. The molecule has 0 bridgehead atoms. The Kier molecular flexibility index (Phi) is 4.25. The van der Waals surface area contributed by atoms with E-state index >= 15 is 0 Å². The monoisotopic (exact) mass is 260 g/mol. The molecule has 0 radical (unpaired) electrons. The highest BCUT2D eigenvalue weighted by molar-refractivity contribution is 5.92. The van der Waals surface area contributed by atoms with Crippen LogP contribution in [-0.2, 0) is 11.3 Å². The average molecular weight is 260 g/mol. The molecule has 1 amide bonds. The second kappa shape index (κ2) is 6.10. The SMILES string of the molecule is Cc1noc(CNCC(=O)Nc2ccccc2C)n1. The van der Waals surface area contributed by atoms with Crippen molar-refractivity contribution in [2.45, 2.75) is 20.4 Å². The second-order valence-electron chi connectivity index (χ2n) is 4.20. The maximum Gasteiger partial charge on any atom is 0.240 e. The van der Waals surface area contributed by atoms with Crippen molar-refractivity contribution >= 4 is 11.6 Å². The van der Waals surface area contributed by atoms with E-state index in [4.69, 9.17) is 4.52 Å².